The van der Waals surface area contributed by atoms with E-state index < -0.39 is 6.10 Å². The SMILES string of the molecule is CC(O)c1cn(C2CN(C(=O)CCc3ccc4c(c3)OCCO4)C2)nn1. The van der Waals surface area contributed by atoms with Crippen LogP contribution in [0.1, 0.15) is 36.7 Å². The van der Waals surface area contributed by atoms with Gasteiger partial charge in [0.25, 0.3) is 0 Å². The van der Waals surface area contributed by atoms with Crippen LogP contribution in [0.25, 0.3) is 0 Å². The number of likely N-dealkylation sites (tertiary alicyclic amines) is 1. The third-order valence-electron chi connectivity index (χ3n) is 4.78. The maximum absolute atomic E-state index is 12.4. The molecule has 1 aromatic carbocycles. The second-order valence-electron chi connectivity index (χ2n) is 6.73. The Morgan fingerprint density at radius 3 is 2.81 bits per heavy atom. The van der Waals surface area contributed by atoms with E-state index in [0.717, 1.165) is 17.1 Å². The molecule has 4 rings (SSSR count). The molecule has 3 heterocycles. The minimum Gasteiger partial charge on any atom is -0.486 e. The summed E-state index contributed by atoms with van der Waals surface area (Å²) >= 11 is 0. The number of hydrogen-bond donors (Lipinski definition) is 1. The van der Waals surface area contributed by atoms with E-state index in [9.17, 15) is 9.90 Å². The van der Waals surface area contributed by atoms with Crippen LogP contribution in [0.3, 0.4) is 0 Å². The second-order valence-corrected chi connectivity index (χ2v) is 6.73. The molecule has 1 amide bonds. The van der Waals surface area contributed by atoms with Gasteiger partial charge in [-0.1, -0.05) is 11.3 Å². The van der Waals surface area contributed by atoms with Gasteiger partial charge in [0.2, 0.25) is 5.91 Å². The van der Waals surface area contributed by atoms with Crippen molar-refractivity contribution in [1.82, 2.24) is 19.9 Å². The van der Waals surface area contributed by atoms with Gasteiger partial charge in [0.15, 0.2) is 11.5 Å². The standard InChI is InChI=1S/C18H22N4O4/c1-12(23)15-11-22(20-19-15)14-9-21(10-14)18(24)5-3-13-2-4-16-17(8-13)26-7-6-25-16/h2,4,8,11-12,14,23H,3,5-7,9-10H2,1H3. The molecule has 2 aromatic rings. The van der Waals surface area contributed by atoms with Gasteiger partial charge in [0.05, 0.1) is 18.3 Å². The van der Waals surface area contributed by atoms with Gasteiger partial charge in [-0.2, -0.15) is 0 Å². The molecule has 0 spiro atoms. The van der Waals surface area contributed by atoms with E-state index in [1.54, 1.807) is 17.8 Å². The van der Waals surface area contributed by atoms with E-state index in [-0.39, 0.29) is 11.9 Å². The number of carbonyl (C=O) groups is 1. The summed E-state index contributed by atoms with van der Waals surface area (Å²) in [5, 5.41) is 17.5. The lowest BCUT2D eigenvalue weighted by Crippen LogP contribution is -2.51. The predicted molar refractivity (Wildman–Crippen MR) is 92.0 cm³/mol. The molecular weight excluding hydrogens is 336 g/mol. The molecule has 0 radical (unpaired) electrons. The predicted octanol–water partition coefficient (Wildman–Crippen LogP) is 1.12. The molecule has 2 aliphatic rings. The fourth-order valence-electron chi connectivity index (χ4n) is 3.14. The Morgan fingerprint density at radius 1 is 1.31 bits per heavy atom. The van der Waals surface area contributed by atoms with Gasteiger partial charge in [-0.3, -0.25) is 4.79 Å². The van der Waals surface area contributed by atoms with Gasteiger partial charge in [-0.05, 0) is 31.0 Å². The summed E-state index contributed by atoms with van der Waals surface area (Å²) < 4.78 is 12.8. The van der Waals surface area contributed by atoms with E-state index in [1.807, 2.05) is 23.1 Å². The highest BCUT2D eigenvalue weighted by Gasteiger charge is 2.32. The van der Waals surface area contributed by atoms with Crippen LogP contribution >= 0.6 is 0 Å². The number of fused-ring (bicyclic) bond motifs is 1. The summed E-state index contributed by atoms with van der Waals surface area (Å²) in [6.45, 7) is 4.04. The molecule has 8 heteroatoms. The summed E-state index contributed by atoms with van der Waals surface area (Å²) in [6, 6.07) is 5.96. The Labute approximate surface area is 151 Å². The number of aliphatic hydroxyl groups is 1. The summed E-state index contributed by atoms with van der Waals surface area (Å²) in [5.74, 6) is 1.65. The van der Waals surface area contributed by atoms with Crippen molar-refractivity contribution < 1.29 is 19.4 Å². The Hall–Kier alpha value is -2.61. The number of nitrogens with zero attached hydrogens (tertiary/aromatic N) is 4. The average Bonchev–Trinajstić information content (AvgIpc) is 3.08. The number of aliphatic hydroxyl groups excluding tert-OH is 1. The number of rotatable bonds is 5. The van der Waals surface area contributed by atoms with E-state index in [0.29, 0.717) is 44.8 Å². The van der Waals surface area contributed by atoms with Crippen molar-refractivity contribution in [2.24, 2.45) is 0 Å². The van der Waals surface area contributed by atoms with E-state index in [4.69, 9.17) is 9.47 Å². The summed E-state index contributed by atoms with van der Waals surface area (Å²) in [4.78, 5) is 14.2. The van der Waals surface area contributed by atoms with E-state index >= 15 is 0 Å². The van der Waals surface area contributed by atoms with Crippen LogP contribution in [0.5, 0.6) is 11.5 Å². The topological polar surface area (TPSA) is 89.7 Å². The normalized spacial score (nSPS) is 17.7. The molecule has 8 nitrogen and oxygen atoms in total. The third-order valence-corrected chi connectivity index (χ3v) is 4.78. The molecular formula is C18H22N4O4. The first-order valence-electron chi connectivity index (χ1n) is 8.86. The van der Waals surface area contributed by atoms with Crippen LogP contribution in [-0.2, 0) is 11.2 Å². The zero-order chi connectivity index (χ0) is 18.1. The number of carbonyl (C=O) groups excluding carboxylic acids is 1. The number of ether oxygens (including phenoxy) is 2. The molecule has 26 heavy (non-hydrogen) atoms. The van der Waals surface area contributed by atoms with Crippen LogP contribution < -0.4 is 9.47 Å². The Bertz CT molecular complexity index is 798. The molecule has 0 aliphatic carbocycles. The molecule has 1 fully saturated rings. The smallest absolute Gasteiger partial charge is 0.223 e. The molecule has 1 saturated heterocycles. The largest absolute Gasteiger partial charge is 0.486 e. The van der Waals surface area contributed by atoms with Gasteiger partial charge in [-0.25, -0.2) is 4.68 Å². The van der Waals surface area contributed by atoms with Crippen LogP contribution in [-0.4, -0.2) is 57.2 Å². The molecule has 2 aliphatic heterocycles. The minimum absolute atomic E-state index is 0.131. The number of aryl methyl sites for hydroxylation is 1. The maximum Gasteiger partial charge on any atom is 0.223 e. The fourth-order valence-corrected chi connectivity index (χ4v) is 3.14. The molecule has 0 bridgehead atoms. The fraction of sp³-hybridized carbons (Fsp3) is 0.500. The van der Waals surface area contributed by atoms with Crippen molar-refractivity contribution in [1.29, 1.82) is 0 Å². The summed E-state index contributed by atoms with van der Waals surface area (Å²) in [5.41, 5.74) is 1.62. The van der Waals surface area contributed by atoms with Crippen molar-refractivity contribution in [3.8, 4) is 11.5 Å². The molecule has 1 atom stereocenters. The van der Waals surface area contributed by atoms with Crippen LogP contribution in [0.15, 0.2) is 24.4 Å². The number of hydrogen-bond acceptors (Lipinski definition) is 6. The lowest BCUT2D eigenvalue weighted by Gasteiger charge is -2.39. The van der Waals surface area contributed by atoms with Crippen LogP contribution in [0.4, 0.5) is 0 Å². The quantitative estimate of drug-likeness (QED) is 0.861. The Kier molecular flexibility index (Phi) is 4.50. The highest BCUT2D eigenvalue weighted by molar-refractivity contribution is 5.77. The highest BCUT2D eigenvalue weighted by Crippen LogP contribution is 2.31. The van der Waals surface area contributed by atoms with Crippen molar-refractivity contribution in [2.45, 2.75) is 31.9 Å². The molecule has 1 unspecified atom stereocenters. The number of aromatic nitrogens is 3. The molecule has 138 valence electrons. The van der Waals surface area contributed by atoms with Crippen molar-refractivity contribution in [3.05, 3.63) is 35.7 Å². The van der Waals surface area contributed by atoms with E-state index in [2.05, 4.69) is 10.3 Å². The van der Waals surface area contributed by atoms with Crippen molar-refractivity contribution in [3.63, 3.8) is 0 Å². The zero-order valence-corrected chi connectivity index (χ0v) is 14.7. The lowest BCUT2D eigenvalue weighted by molar-refractivity contribution is -0.137. The van der Waals surface area contributed by atoms with Crippen LogP contribution in [0.2, 0.25) is 0 Å². The highest BCUT2D eigenvalue weighted by atomic mass is 16.6. The van der Waals surface area contributed by atoms with Gasteiger partial charge in [0.1, 0.15) is 18.9 Å². The first-order chi connectivity index (χ1) is 12.6. The summed E-state index contributed by atoms with van der Waals surface area (Å²) in [6.07, 6.45) is 2.24. The first kappa shape index (κ1) is 16.8. The molecule has 0 saturated carbocycles. The Morgan fingerprint density at radius 2 is 2.08 bits per heavy atom. The minimum atomic E-state index is -0.632. The lowest BCUT2D eigenvalue weighted by atomic mass is 10.1. The van der Waals surface area contributed by atoms with Crippen molar-refractivity contribution in [2.75, 3.05) is 26.3 Å². The Balaban J connectivity index is 1.27. The van der Waals surface area contributed by atoms with Crippen molar-refractivity contribution >= 4 is 5.91 Å². The van der Waals surface area contributed by atoms with Gasteiger partial charge in [0, 0.05) is 19.5 Å². The van der Waals surface area contributed by atoms with Gasteiger partial charge >= 0.3 is 0 Å². The van der Waals surface area contributed by atoms with Gasteiger partial charge in [-0.15, -0.1) is 5.10 Å². The van der Waals surface area contributed by atoms with Gasteiger partial charge < -0.3 is 19.5 Å². The molecule has 1 N–H and O–H groups in total. The number of benzene rings is 1. The van der Waals surface area contributed by atoms with E-state index in [1.165, 1.54) is 0 Å². The first-order valence-corrected chi connectivity index (χ1v) is 8.86. The number of amides is 1. The maximum atomic E-state index is 12.4. The summed E-state index contributed by atoms with van der Waals surface area (Å²) in [7, 11) is 0. The zero-order valence-electron chi connectivity index (χ0n) is 14.7. The van der Waals surface area contributed by atoms with Crippen LogP contribution in [0, 0.1) is 0 Å². The molecule has 1 aromatic heterocycles. The monoisotopic (exact) mass is 358 g/mol. The average molecular weight is 358 g/mol. The third kappa shape index (κ3) is 3.37. The second kappa shape index (κ2) is 6.95.